The van der Waals surface area contributed by atoms with E-state index < -0.39 is 5.72 Å². The summed E-state index contributed by atoms with van der Waals surface area (Å²) in [4.78, 5) is 1.96. The molecule has 0 aromatic heterocycles. The minimum absolute atomic E-state index is 0.456. The molecule has 0 fully saturated rings. The van der Waals surface area contributed by atoms with Crippen molar-refractivity contribution in [2.75, 3.05) is 51.5 Å². The second-order valence-electron chi connectivity index (χ2n) is 7.10. The average molecular weight is 383 g/mol. The van der Waals surface area contributed by atoms with Gasteiger partial charge in [0.1, 0.15) is 37.8 Å². The molecule has 3 aliphatic heterocycles. The quantitative estimate of drug-likeness (QED) is 0.812. The van der Waals surface area contributed by atoms with Gasteiger partial charge in [-0.2, -0.15) is 4.90 Å². The van der Waals surface area contributed by atoms with E-state index in [4.69, 9.17) is 18.9 Å². The van der Waals surface area contributed by atoms with Crippen molar-refractivity contribution in [2.24, 2.45) is 0 Å². The lowest BCUT2D eigenvalue weighted by Crippen LogP contribution is -2.48. The number of benzene rings is 2. The molecule has 7 nitrogen and oxygen atoms in total. The fourth-order valence-corrected chi connectivity index (χ4v) is 4.09. The number of anilines is 1. The highest BCUT2D eigenvalue weighted by Gasteiger charge is 2.55. The Kier molecular flexibility index (Phi) is 4.14. The topological polar surface area (TPSA) is 63.4 Å². The summed E-state index contributed by atoms with van der Waals surface area (Å²) in [5, 5.41) is 11.9. The first-order valence-electron chi connectivity index (χ1n) is 9.44. The molecular weight excluding hydrogens is 360 g/mol. The Morgan fingerprint density at radius 3 is 2.61 bits per heavy atom. The molecule has 2 aromatic rings. The van der Waals surface area contributed by atoms with Gasteiger partial charge >= 0.3 is 0 Å². The van der Waals surface area contributed by atoms with Crippen molar-refractivity contribution in [2.45, 2.75) is 5.72 Å². The molecule has 0 spiro atoms. The van der Waals surface area contributed by atoms with Crippen LogP contribution in [0.25, 0.3) is 0 Å². The van der Waals surface area contributed by atoms with Crippen LogP contribution in [-0.4, -0.2) is 62.1 Å². The molecule has 3 heterocycles. The predicted molar refractivity (Wildman–Crippen MR) is 103 cm³/mol. The van der Waals surface area contributed by atoms with Crippen LogP contribution in [0.4, 0.5) is 5.69 Å². The van der Waals surface area contributed by atoms with Gasteiger partial charge in [0.15, 0.2) is 18.0 Å². The summed E-state index contributed by atoms with van der Waals surface area (Å²) in [6, 6.07) is 13.3. The second-order valence-corrected chi connectivity index (χ2v) is 7.10. The summed E-state index contributed by atoms with van der Waals surface area (Å²) in [5.41, 5.74) is 0.392. The lowest BCUT2D eigenvalue weighted by molar-refractivity contribution is -0.543. The molecule has 0 aliphatic carbocycles. The first-order chi connectivity index (χ1) is 13.7. The van der Waals surface area contributed by atoms with Crippen molar-refractivity contribution in [3.8, 4) is 17.2 Å². The van der Waals surface area contributed by atoms with E-state index in [1.165, 1.54) is 0 Å². The molecule has 0 saturated carbocycles. The molecule has 146 valence electrons. The minimum atomic E-state index is -1.24. The Labute approximate surface area is 163 Å². The standard InChI is InChI=1S/C21H23N2O5/c1-25-17-5-3-16(4-6-17)23-20-13-26-9-8-22(20)14-21(23,24)15-2-7-18-19(12-15)28-11-10-27-18/h2-7,12,24H,8-11,13-14H2,1H3/q+1/t21-/m0/s1. The van der Waals surface area contributed by atoms with Gasteiger partial charge in [-0.15, -0.1) is 0 Å². The zero-order chi connectivity index (χ0) is 19.1. The molecule has 3 aliphatic rings. The molecule has 28 heavy (non-hydrogen) atoms. The molecule has 2 aromatic carbocycles. The number of hydrogen-bond acceptors (Lipinski definition) is 6. The first-order valence-corrected chi connectivity index (χ1v) is 9.44. The van der Waals surface area contributed by atoms with Crippen molar-refractivity contribution in [3.05, 3.63) is 48.0 Å². The van der Waals surface area contributed by atoms with E-state index in [1.807, 2.05) is 47.4 Å². The van der Waals surface area contributed by atoms with Crippen molar-refractivity contribution in [1.82, 2.24) is 0 Å². The Hall–Kier alpha value is -2.77. The van der Waals surface area contributed by atoms with Gasteiger partial charge in [0.05, 0.1) is 13.7 Å². The van der Waals surface area contributed by atoms with Crippen LogP contribution >= 0.6 is 0 Å². The summed E-state index contributed by atoms with van der Waals surface area (Å²) >= 11 is 0. The molecule has 0 saturated heterocycles. The van der Waals surface area contributed by atoms with Gasteiger partial charge in [-0.25, -0.2) is 0 Å². The summed E-state index contributed by atoms with van der Waals surface area (Å²) in [5.74, 6) is 3.10. The minimum Gasteiger partial charge on any atom is -0.497 e. The SMILES string of the molecule is COc1ccc(N2C3=[N+](CCOC3)C[C@]2(O)c2ccc3c(c2)OCCO3)cc1. The highest BCUT2D eigenvalue weighted by molar-refractivity contribution is 5.98. The molecule has 0 unspecified atom stereocenters. The maximum atomic E-state index is 11.9. The number of aliphatic hydroxyl groups is 1. The molecular formula is C21H23N2O5+. The third-order valence-electron chi connectivity index (χ3n) is 5.48. The Morgan fingerprint density at radius 1 is 1.04 bits per heavy atom. The van der Waals surface area contributed by atoms with Crippen LogP contribution in [-0.2, 0) is 10.5 Å². The number of hydrogen-bond donors (Lipinski definition) is 1. The molecule has 0 amide bonds. The smallest absolute Gasteiger partial charge is 0.281 e. The predicted octanol–water partition coefficient (Wildman–Crippen LogP) is 1.57. The van der Waals surface area contributed by atoms with E-state index in [9.17, 15) is 5.11 Å². The van der Waals surface area contributed by atoms with E-state index in [2.05, 4.69) is 4.58 Å². The number of rotatable bonds is 3. The third-order valence-corrected chi connectivity index (χ3v) is 5.48. The van der Waals surface area contributed by atoms with Crippen LogP contribution in [0.2, 0.25) is 0 Å². The van der Waals surface area contributed by atoms with E-state index in [-0.39, 0.29) is 0 Å². The van der Waals surface area contributed by atoms with Gasteiger partial charge in [0, 0.05) is 5.56 Å². The van der Waals surface area contributed by atoms with Gasteiger partial charge in [-0.05, 0) is 42.5 Å². The summed E-state index contributed by atoms with van der Waals surface area (Å²) in [6.07, 6.45) is 0. The maximum absolute atomic E-state index is 11.9. The van der Waals surface area contributed by atoms with Gasteiger partial charge in [-0.3, -0.25) is 4.58 Å². The molecule has 5 rings (SSSR count). The number of amidine groups is 1. The van der Waals surface area contributed by atoms with Crippen LogP contribution in [0.15, 0.2) is 42.5 Å². The van der Waals surface area contributed by atoms with Crippen molar-refractivity contribution in [1.29, 1.82) is 0 Å². The molecule has 7 heteroatoms. The highest BCUT2D eigenvalue weighted by atomic mass is 16.6. The number of methoxy groups -OCH3 is 1. The first kappa shape index (κ1) is 17.3. The Balaban J connectivity index is 1.60. The van der Waals surface area contributed by atoms with E-state index in [0.717, 1.165) is 29.4 Å². The number of nitrogens with zero attached hydrogens (tertiary/aromatic N) is 2. The molecule has 1 N–H and O–H groups in total. The lowest BCUT2D eigenvalue weighted by Gasteiger charge is -2.30. The monoisotopic (exact) mass is 383 g/mol. The van der Waals surface area contributed by atoms with Crippen LogP contribution < -0.4 is 19.1 Å². The summed E-state index contributed by atoms with van der Waals surface area (Å²) < 4.78 is 24.5. The Morgan fingerprint density at radius 2 is 1.82 bits per heavy atom. The van der Waals surface area contributed by atoms with Gasteiger partial charge in [0.25, 0.3) is 11.6 Å². The van der Waals surface area contributed by atoms with Crippen LogP contribution in [0.5, 0.6) is 17.2 Å². The highest BCUT2D eigenvalue weighted by Crippen LogP contribution is 2.40. The van der Waals surface area contributed by atoms with Gasteiger partial charge in [0.2, 0.25) is 0 Å². The Bertz CT molecular complexity index is 927. The number of fused-ring (bicyclic) bond motifs is 1. The second kappa shape index (κ2) is 6.68. The zero-order valence-electron chi connectivity index (χ0n) is 15.8. The van der Waals surface area contributed by atoms with Crippen LogP contribution in [0, 0.1) is 0 Å². The van der Waals surface area contributed by atoms with Gasteiger partial charge < -0.3 is 24.1 Å². The summed E-state index contributed by atoms with van der Waals surface area (Å²) in [7, 11) is 1.64. The van der Waals surface area contributed by atoms with E-state index >= 15 is 0 Å². The molecule has 0 radical (unpaired) electrons. The fourth-order valence-electron chi connectivity index (χ4n) is 4.09. The van der Waals surface area contributed by atoms with E-state index in [1.54, 1.807) is 7.11 Å². The third kappa shape index (κ3) is 2.70. The van der Waals surface area contributed by atoms with Crippen LogP contribution in [0.1, 0.15) is 5.56 Å². The van der Waals surface area contributed by atoms with Crippen molar-refractivity contribution in [3.63, 3.8) is 0 Å². The molecule has 1 atom stereocenters. The van der Waals surface area contributed by atoms with Crippen LogP contribution in [0.3, 0.4) is 0 Å². The normalized spacial score (nSPS) is 23.6. The van der Waals surface area contributed by atoms with Gasteiger partial charge in [-0.1, -0.05) is 0 Å². The number of ether oxygens (including phenoxy) is 4. The fraction of sp³-hybridized carbons (Fsp3) is 0.381. The lowest BCUT2D eigenvalue weighted by atomic mass is 10.00. The largest absolute Gasteiger partial charge is 0.497 e. The molecule has 0 bridgehead atoms. The summed E-state index contributed by atoms with van der Waals surface area (Å²) in [6.45, 7) is 3.36. The maximum Gasteiger partial charge on any atom is 0.281 e. The average Bonchev–Trinajstić information content (AvgIpc) is 3.06. The zero-order valence-corrected chi connectivity index (χ0v) is 15.8. The van der Waals surface area contributed by atoms with Crippen molar-refractivity contribution >= 4 is 11.5 Å². The van der Waals surface area contributed by atoms with E-state index in [0.29, 0.717) is 44.5 Å². The van der Waals surface area contributed by atoms with Crippen molar-refractivity contribution < 1.29 is 28.6 Å².